The number of anilines is 1. The van der Waals surface area contributed by atoms with Crippen molar-refractivity contribution in [2.24, 2.45) is 0 Å². The largest absolute Gasteiger partial charge is 0.279 e. The van der Waals surface area contributed by atoms with Crippen LogP contribution in [0.5, 0.6) is 0 Å². The van der Waals surface area contributed by atoms with Gasteiger partial charge in [-0.25, -0.2) is 8.42 Å². The van der Waals surface area contributed by atoms with Crippen LogP contribution in [0.1, 0.15) is 11.1 Å². The first-order valence-corrected chi connectivity index (χ1v) is 9.37. The lowest BCUT2D eigenvalue weighted by Gasteiger charge is -2.26. The first-order chi connectivity index (χ1) is 10.7. The number of hydrogen-bond acceptors (Lipinski definition) is 3. The molecular formula is C16H15BrClNO3S. The van der Waals surface area contributed by atoms with E-state index in [1.54, 1.807) is 38.1 Å². The minimum absolute atomic E-state index is 0.0984. The fourth-order valence-electron chi connectivity index (χ4n) is 2.33. The number of carbonyl (C=O) groups is 1. The fourth-order valence-corrected chi connectivity index (χ4v) is 4.33. The Bertz CT molecular complexity index is 815. The van der Waals surface area contributed by atoms with Gasteiger partial charge in [0.05, 0.1) is 10.6 Å². The molecule has 0 aliphatic heterocycles. The number of nitrogens with zero attached hydrogens (tertiary/aromatic N) is 1. The van der Waals surface area contributed by atoms with Crippen molar-refractivity contribution in [2.75, 3.05) is 10.8 Å². The molecule has 4 nitrogen and oxygen atoms in total. The van der Waals surface area contributed by atoms with E-state index in [-0.39, 0.29) is 4.90 Å². The Morgan fingerprint density at radius 3 is 2.09 bits per heavy atom. The molecule has 0 saturated heterocycles. The summed E-state index contributed by atoms with van der Waals surface area (Å²) in [6.45, 7) is 3.17. The average Bonchev–Trinajstić information content (AvgIpc) is 2.46. The van der Waals surface area contributed by atoms with Crippen molar-refractivity contribution in [3.63, 3.8) is 0 Å². The van der Waals surface area contributed by atoms with Gasteiger partial charge < -0.3 is 0 Å². The summed E-state index contributed by atoms with van der Waals surface area (Å²) in [7, 11) is -3.90. The van der Waals surface area contributed by atoms with Crippen molar-refractivity contribution in [3.05, 3.63) is 58.1 Å². The minimum atomic E-state index is -3.90. The first kappa shape index (κ1) is 18.0. The van der Waals surface area contributed by atoms with Crippen LogP contribution >= 0.6 is 27.5 Å². The Morgan fingerprint density at radius 2 is 1.61 bits per heavy atom. The van der Waals surface area contributed by atoms with Crippen LogP contribution < -0.4 is 4.31 Å². The van der Waals surface area contributed by atoms with Crippen LogP contribution in [0.4, 0.5) is 5.69 Å². The molecule has 0 unspecified atom stereocenters. The molecule has 23 heavy (non-hydrogen) atoms. The second-order valence-corrected chi connectivity index (χ2v) is 8.26. The highest BCUT2D eigenvalue weighted by molar-refractivity contribution is 9.10. The van der Waals surface area contributed by atoms with Gasteiger partial charge in [0.2, 0.25) is 5.24 Å². The molecule has 0 amide bonds. The van der Waals surface area contributed by atoms with Crippen LogP contribution in [0.2, 0.25) is 0 Å². The number of halogens is 2. The number of rotatable bonds is 5. The smallest absolute Gasteiger partial charge is 0.264 e. The topological polar surface area (TPSA) is 54.5 Å². The van der Waals surface area contributed by atoms with Gasteiger partial charge in [-0.15, -0.1) is 0 Å². The van der Waals surface area contributed by atoms with Gasteiger partial charge in [0.1, 0.15) is 6.54 Å². The third-order valence-electron chi connectivity index (χ3n) is 3.36. The molecule has 0 aliphatic rings. The van der Waals surface area contributed by atoms with E-state index in [2.05, 4.69) is 15.9 Å². The molecule has 2 aromatic carbocycles. The van der Waals surface area contributed by atoms with Gasteiger partial charge in [0.25, 0.3) is 10.0 Å². The average molecular weight is 417 g/mol. The van der Waals surface area contributed by atoms with Gasteiger partial charge in [-0.2, -0.15) is 0 Å². The zero-order valence-electron chi connectivity index (χ0n) is 12.6. The number of sulfonamides is 1. The van der Waals surface area contributed by atoms with Crippen molar-refractivity contribution in [2.45, 2.75) is 18.7 Å². The van der Waals surface area contributed by atoms with Crippen molar-refractivity contribution >= 4 is 48.5 Å². The van der Waals surface area contributed by atoms with Crippen LogP contribution in [-0.4, -0.2) is 20.2 Å². The molecule has 0 atom stereocenters. The van der Waals surface area contributed by atoms with E-state index in [1.165, 1.54) is 12.1 Å². The molecule has 2 aromatic rings. The quantitative estimate of drug-likeness (QED) is 0.692. The van der Waals surface area contributed by atoms with Crippen LogP contribution in [0.3, 0.4) is 0 Å². The van der Waals surface area contributed by atoms with Gasteiger partial charge >= 0.3 is 0 Å². The number of hydrogen-bond donors (Lipinski definition) is 0. The van der Waals surface area contributed by atoms with E-state index in [9.17, 15) is 13.2 Å². The SMILES string of the molecule is Cc1cccc(C)c1N(CC(=O)Cl)S(=O)(=O)c1ccc(Br)cc1. The predicted molar refractivity (Wildman–Crippen MR) is 95.4 cm³/mol. The third kappa shape index (κ3) is 3.94. The molecule has 0 radical (unpaired) electrons. The monoisotopic (exact) mass is 415 g/mol. The Balaban J connectivity index is 2.63. The summed E-state index contributed by atoms with van der Waals surface area (Å²) in [5.74, 6) is 0. The second kappa shape index (κ2) is 7.03. The Labute approximate surface area is 149 Å². The zero-order valence-corrected chi connectivity index (χ0v) is 15.7. The molecule has 2 rings (SSSR count). The highest BCUT2D eigenvalue weighted by Crippen LogP contribution is 2.30. The van der Waals surface area contributed by atoms with Crippen molar-refractivity contribution in [1.29, 1.82) is 0 Å². The second-order valence-electron chi connectivity index (χ2n) is 5.06. The summed E-state index contributed by atoms with van der Waals surface area (Å²) in [4.78, 5) is 11.5. The summed E-state index contributed by atoms with van der Waals surface area (Å²) < 4.78 is 27.8. The predicted octanol–water partition coefficient (Wildman–Crippen LogP) is 4.03. The Kier molecular flexibility index (Phi) is 5.49. The van der Waals surface area contributed by atoms with E-state index in [1.807, 2.05) is 6.07 Å². The molecule has 0 N–H and O–H groups in total. The van der Waals surface area contributed by atoms with Crippen LogP contribution in [0.25, 0.3) is 0 Å². The van der Waals surface area contributed by atoms with Gasteiger partial charge in [-0.05, 0) is 60.8 Å². The van der Waals surface area contributed by atoms with E-state index < -0.39 is 21.8 Å². The summed E-state index contributed by atoms with van der Waals surface area (Å²) in [6.07, 6.45) is 0. The number of aryl methyl sites for hydroxylation is 2. The van der Waals surface area contributed by atoms with E-state index in [0.29, 0.717) is 5.69 Å². The third-order valence-corrected chi connectivity index (χ3v) is 5.77. The van der Waals surface area contributed by atoms with Crippen LogP contribution in [0.15, 0.2) is 51.8 Å². The maximum atomic E-state index is 13.0. The van der Waals surface area contributed by atoms with Crippen LogP contribution in [-0.2, 0) is 14.8 Å². The molecule has 122 valence electrons. The Hall–Kier alpha value is -1.37. The van der Waals surface area contributed by atoms with Gasteiger partial charge in [-0.1, -0.05) is 34.1 Å². The summed E-state index contributed by atoms with van der Waals surface area (Å²) in [6, 6.07) is 11.7. The molecule has 0 bridgehead atoms. The van der Waals surface area contributed by atoms with Crippen LogP contribution in [0, 0.1) is 13.8 Å². The molecule has 0 heterocycles. The van der Waals surface area contributed by atoms with Crippen molar-refractivity contribution in [3.8, 4) is 0 Å². The lowest BCUT2D eigenvalue weighted by molar-refractivity contribution is -0.110. The molecular weight excluding hydrogens is 402 g/mol. The molecule has 0 saturated carbocycles. The highest BCUT2D eigenvalue weighted by Gasteiger charge is 2.28. The fraction of sp³-hybridized carbons (Fsp3) is 0.188. The first-order valence-electron chi connectivity index (χ1n) is 6.76. The normalized spacial score (nSPS) is 11.3. The zero-order chi connectivity index (χ0) is 17.2. The molecule has 0 aromatic heterocycles. The van der Waals surface area contributed by atoms with Gasteiger partial charge in [0.15, 0.2) is 0 Å². The highest BCUT2D eigenvalue weighted by atomic mass is 79.9. The summed E-state index contributed by atoms with van der Waals surface area (Å²) in [5, 5.41) is -0.742. The number of para-hydroxylation sites is 1. The molecule has 7 heteroatoms. The molecule has 0 spiro atoms. The number of carbonyl (C=O) groups excluding carboxylic acids is 1. The lowest BCUT2D eigenvalue weighted by Crippen LogP contribution is -2.35. The van der Waals surface area contributed by atoms with E-state index in [0.717, 1.165) is 19.9 Å². The summed E-state index contributed by atoms with van der Waals surface area (Å²) >= 11 is 8.77. The van der Waals surface area contributed by atoms with Crippen molar-refractivity contribution < 1.29 is 13.2 Å². The lowest BCUT2D eigenvalue weighted by atomic mass is 10.1. The van der Waals surface area contributed by atoms with E-state index >= 15 is 0 Å². The van der Waals surface area contributed by atoms with Gasteiger partial charge in [-0.3, -0.25) is 9.10 Å². The summed E-state index contributed by atoms with van der Waals surface area (Å²) in [5.41, 5.74) is 1.98. The maximum Gasteiger partial charge on any atom is 0.264 e. The number of benzene rings is 2. The standard InChI is InChI=1S/C16H15BrClNO3S/c1-11-4-3-5-12(2)16(11)19(10-15(18)20)23(21,22)14-8-6-13(17)7-9-14/h3-9H,10H2,1-2H3. The van der Waals surface area contributed by atoms with E-state index in [4.69, 9.17) is 11.6 Å². The van der Waals surface area contributed by atoms with Crippen molar-refractivity contribution in [1.82, 2.24) is 0 Å². The van der Waals surface area contributed by atoms with Gasteiger partial charge in [0, 0.05) is 4.47 Å². The molecule has 0 fully saturated rings. The maximum absolute atomic E-state index is 13.0. The molecule has 0 aliphatic carbocycles. The Morgan fingerprint density at radius 1 is 1.09 bits per heavy atom. The minimum Gasteiger partial charge on any atom is -0.279 e.